The van der Waals surface area contributed by atoms with E-state index in [9.17, 15) is 14.4 Å². The van der Waals surface area contributed by atoms with Crippen molar-refractivity contribution in [2.45, 2.75) is 13.5 Å². The van der Waals surface area contributed by atoms with E-state index in [0.29, 0.717) is 12.2 Å². The lowest BCUT2D eigenvalue weighted by atomic mass is 10.1. The smallest absolute Gasteiger partial charge is 0.336 e. The molecule has 2 aromatic carbocycles. The number of carbonyl (C=O) groups excluding carboxylic acids is 3. The van der Waals surface area contributed by atoms with Crippen molar-refractivity contribution in [1.29, 1.82) is 0 Å². The molecule has 0 bridgehead atoms. The van der Waals surface area contributed by atoms with E-state index in [0.717, 1.165) is 26.9 Å². The minimum atomic E-state index is -0.794. The molecule has 5 rings (SSSR count). The van der Waals surface area contributed by atoms with Gasteiger partial charge in [-0.1, -0.05) is 48.0 Å². The minimum Gasteiger partial charge on any atom is -0.342 e. The molecule has 0 radical (unpaired) electrons. The average molecular weight is 436 g/mol. The van der Waals surface area contributed by atoms with E-state index < -0.39 is 17.8 Å². The Hall–Kier alpha value is -4.52. The summed E-state index contributed by atoms with van der Waals surface area (Å²) in [5.74, 6) is -1.41. The Balaban J connectivity index is 1.56. The third-order valence-corrected chi connectivity index (χ3v) is 5.60. The Morgan fingerprint density at radius 1 is 0.970 bits per heavy atom. The summed E-state index contributed by atoms with van der Waals surface area (Å²) in [6.45, 7) is 2.69. The number of hydrogen-bond acceptors (Lipinski definition) is 4. The highest BCUT2D eigenvalue weighted by molar-refractivity contribution is 6.39. The van der Waals surface area contributed by atoms with Crippen molar-refractivity contribution in [1.82, 2.24) is 14.9 Å². The number of anilines is 1. The number of barbiturate groups is 1. The van der Waals surface area contributed by atoms with E-state index in [1.54, 1.807) is 24.4 Å². The second kappa shape index (κ2) is 8.20. The van der Waals surface area contributed by atoms with Crippen LogP contribution in [0, 0.1) is 6.92 Å². The van der Waals surface area contributed by atoms with Crippen LogP contribution in [0.1, 0.15) is 16.7 Å². The lowest BCUT2D eigenvalue weighted by Gasteiger charge is -2.25. The molecule has 162 valence electrons. The van der Waals surface area contributed by atoms with Crippen molar-refractivity contribution in [3.8, 4) is 0 Å². The number of aryl methyl sites for hydroxylation is 1. The summed E-state index contributed by atoms with van der Waals surface area (Å²) in [7, 11) is 0. The number of fused-ring (bicyclic) bond motifs is 1. The molecule has 2 aromatic heterocycles. The fourth-order valence-corrected chi connectivity index (χ4v) is 3.94. The van der Waals surface area contributed by atoms with Gasteiger partial charge in [0.15, 0.2) is 0 Å². The first-order valence-corrected chi connectivity index (χ1v) is 10.5. The van der Waals surface area contributed by atoms with E-state index in [4.69, 9.17) is 0 Å². The fourth-order valence-electron chi connectivity index (χ4n) is 3.94. The molecule has 4 aromatic rings. The first-order valence-electron chi connectivity index (χ1n) is 10.5. The fraction of sp³-hybridized carbons (Fsp3) is 0.0769. The molecule has 0 aliphatic carbocycles. The number of aromatic nitrogens is 2. The largest absolute Gasteiger partial charge is 0.342 e. The van der Waals surface area contributed by atoms with Crippen LogP contribution in [-0.4, -0.2) is 27.4 Å². The van der Waals surface area contributed by atoms with Crippen LogP contribution in [0.15, 0.2) is 84.8 Å². The Morgan fingerprint density at radius 2 is 1.76 bits per heavy atom. The second-order valence-corrected chi connectivity index (χ2v) is 7.88. The quantitative estimate of drug-likeness (QED) is 0.386. The topological polar surface area (TPSA) is 84.3 Å². The number of imide groups is 2. The highest BCUT2D eigenvalue weighted by atomic mass is 16.2. The predicted octanol–water partition coefficient (Wildman–Crippen LogP) is 4.06. The van der Waals surface area contributed by atoms with Gasteiger partial charge in [0, 0.05) is 35.4 Å². The molecular formula is C26H20N4O3. The van der Waals surface area contributed by atoms with Crippen LogP contribution in [0.25, 0.3) is 17.0 Å². The summed E-state index contributed by atoms with van der Waals surface area (Å²) in [5.41, 5.74) is 4.21. The number of hydrogen-bond donors (Lipinski definition) is 1. The summed E-state index contributed by atoms with van der Waals surface area (Å²) in [4.78, 5) is 43.0. The van der Waals surface area contributed by atoms with Crippen molar-refractivity contribution < 1.29 is 14.4 Å². The molecule has 4 amide bonds. The number of carbonyl (C=O) groups is 3. The molecular weight excluding hydrogens is 416 g/mol. The van der Waals surface area contributed by atoms with Crippen LogP contribution < -0.4 is 10.2 Å². The van der Waals surface area contributed by atoms with Gasteiger partial charge in [0.25, 0.3) is 11.8 Å². The van der Waals surface area contributed by atoms with Gasteiger partial charge in [0.2, 0.25) is 0 Å². The minimum absolute atomic E-state index is 0.114. The van der Waals surface area contributed by atoms with Gasteiger partial charge in [-0.15, -0.1) is 0 Å². The first kappa shape index (κ1) is 20.4. The summed E-state index contributed by atoms with van der Waals surface area (Å²) in [5, 5.41) is 3.16. The van der Waals surface area contributed by atoms with Crippen LogP contribution in [-0.2, 0) is 16.1 Å². The molecule has 7 nitrogen and oxygen atoms in total. The Kier molecular flexibility index (Phi) is 5.06. The lowest BCUT2D eigenvalue weighted by molar-refractivity contribution is -0.122. The Morgan fingerprint density at radius 3 is 2.52 bits per heavy atom. The molecule has 0 saturated carbocycles. The number of nitrogens with one attached hydrogen (secondary N) is 1. The average Bonchev–Trinajstić information content (AvgIpc) is 3.16. The number of amides is 4. The van der Waals surface area contributed by atoms with Crippen molar-refractivity contribution in [2.75, 3.05) is 4.90 Å². The van der Waals surface area contributed by atoms with E-state index in [2.05, 4.69) is 39.1 Å². The monoisotopic (exact) mass is 436 g/mol. The maximum absolute atomic E-state index is 13.2. The second-order valence-electron chi connectivity index (χ2n) is 7.88. The molecule has 1 saturated heterocycles. The third-order valence-electron chi connectivity index (χ3n) is 5.60. The van der Waals surface area contributed by atoms with Gasteiger partial charge >= 0.3 is 6.03 Å². The van der Waals surface area contributed by atoms with Crippen LogP contribution in [0.2, 0.25) is 0 Å². The van der Waals surface area contributed by atoms with Crippen molar-refractivity contribution in [2.24, 2.45) is 0 Å². The molecule has 7 heteroatoms. The molecule has 0 atom stereocenters. The van der Waals surface area contributed by atoms with Crippen molar-refractivity contribution in [3.05, 3.63) is 102 Å². The zero-order valence-electron chi connectivity index (χ0n) is 17.9. The molecule has 1 aliphatic rings. The van der Waals surface area contributed by atoms with Crippen LogP contribution in [0.3, 0.4) is 0 Å². The summed E-state index contributed by atoms with van der Waals surface area (Å²) < 4.78 is 2.08. The summed E-state index contributed by atoms with van der Waals surface area (Å²) in [6.07, 6.45) is 6.41. The van der Waals surface area contributed by atoms with E-state index >= 15 is 0 Å². The zero-order valence-corrected chi connectivity index (χ0v) is 17.9. The first-order chi connectivity index (χ1) is 16.0. The van der Waals surface area contributed by atoms with Gasteiger partial charge in [-0.3, -0.25) is 19.9 Å². The Labute approximate surface area is 190 Å². The van der Waals surface area contributed by atoms with Crippen LogP contribution in [0.5, 0.6) is 0 Å². The standard InChI is InChI=1S/C26H20N4O3/c1-17-8-10-18(11-9-17)15-29-16-19(21-6-2-3-7-23(21)29)13-22-24(31)28-26(33)30(25(22)32)20-5-4-12-27-14-20/h2-14,16H,15H2,1H3,(H,28,31,33)/b22-13+. The van der Waals surface area contributed by atoms with E-state index in [1.165, 1.54) is 11.8 Å². The van der Waals surface area contributed by atoms with Crippen LogP contribution in [0.4, 0.5) is 10.5 Å². The number of nitrogens with zero attached hydrogens (tertiary/aromatic N) is 3. The van der Waals surface area contributed by atoms with Crippen molar-refractivity contribution in [3.63, 3.8) is 0 Å². The summed E-state index contributed by atoms with van der Waals surface area (Å²) >= 11 is 0. The Bertz CT molecular complexity index is 1420. The molecule has 1 fully saturated rings. The van der Waals surface area contributed by atoms with Crippen LogP contribution >= 0.6 is 0 Å². The lowest BCUT2D eigenvalue weighted by Crippen LogP contribution is -2.54. The van der Waals surface area contributed by atoms with Gasteiger partial charge in [0.05, 0.1) is 11.9 Å². The maximum Gasteiger partial charge on any atom is 0.336 e. The zero-order chi connectivity index (χ0) is 22.9. The number of benzene rings is 2. The van der Waals surface area contributed by atoms with Gasteiger partial charge in [-0.2, -0.15) is 0 Å². The molecule has 0 unspecified atom stereocenters. The number of para-hydroxylation sites is 1. The van der Waals surface area contributed by atoms with Gasteiger partial charge in [-0.25, -0.2) is 9.69 Å². The predicted molar refractivity (Wildman–Crippen MR) is 125 cm³/mol. The summed E-state index contributed by atoms with van der Waals surface area (Å²) in [6, 6.07) is 18.5. The third kappa shape index (κ3) is 3.80. The van der Waals surface area contributed by atoms with E-state index in [1.807, 2.05) is 37.4 Å². The van der Waals surface area contributed by atoms with Gasteiger partial charge in [0.1, 0.15) is 5.57 Å². The molecule has 33 heavy (non-hydrogen) atoms. The normalized spacial score (nSPS) is 15.4. The van der Waals surface area contributed by atoms with Crippen molar-refractivity contribution >= 4 is 40.5 Å². The maximum atomic E-state index is 13.2. The molecule has 1 aliphatic heterocycles. The molecule has 3 heterocycles. The number of urea groups is 1. The van der Waals surface area contributed by atoms with Gasteiger partial charge in [-0.05, 0) is 36.8 Å². The highest BCUT2D eigenvalue weighted by Crippen LogP contribution is 2.27. The van der Waals surface area contributed by atoms with Gasteiger partial charge < -0.3 is 4.57 Å². The molecule has 1 N–H and O–H groups in total. The number of pyridine rings is 1. The molecule has 0 spiro atoms. The SMILES string of the molecule is Cc1ccc(Cn2cc(/C=C3\C(=O)NC(=O)N(c4cccnc4)C3=O)c3ccccc32)cc1. The number of rotatable bonds is 4. The highest BCUT2D eigenvalue weighted by Gasteiger charge is 2.37. The van der Waals surface area contributed by atoms with E-state index in [-0.39, 0.29) is 5.57 Å².